The summed E-state index contributed by atoms with van der Waals surface area (Å²) in [7, 11) is 1.43. The monoisotopic (exact) mass is 675 g/mol. The molecule has 2 aliphatic heterocycles. The van der Waals surface area contributed by atoms with Crippen molar-refractivity contribution in [3.63, 3.8) is 0 Å². The number of β-lactam (4-membered cyclic amide) rings is 1. The molecule has 16 nitrogen and oxygen atoms in total. The molecule has 19 heteroatoms. The summed E-state index contributed by atoms with van der Waals surface area (Å²) in [4.78, 5) is 92.5. The number of hydrogen-bond donors (Lipinski definition) is 1. The van der Waals surface area contributed by atoms with Crippen molar-refractivity contribution in [2.24, 2.45) is 7.05 Å². The number of esters is 2. The van der Waals surface area contributed by atoms with Crippen LogP contribution in [0.2, 0.25) is 0 Å². The van der Waals surface area contributed by atoms with E-state index in [1.54, 1.807) is 0 Å². The molecule has 0 aromatic carbocycles. The number of aromatic hydroxyl groups is 1. The molecule has 45 heavy (non-hydrogen) atoms. The number of carbonyl (C=O) groups excluding carboxylic acids is 6. The van der Waals surface area contributed by atoms with Gasteiger partial charge in [0.2, 0.25) is 5.91 Å². The Morgan fingerprint density at radius 2 is 1.80 bits per heavy atom. The minimum Gasteiger partial charge on any atom is -0.543 e. The van der Waals surface area contributed by atoms with Crippen molar-refractivity contribution in [1.29, 1.82) is 0 Å². The number of carbonyl (C=O) groups is 6. The molecule has 1 aromatic heterocycles. The molecule has 238 valence electrons. The summed E-state index contributed by atoms with van der Waals surface area (Å²) in [6.45, 7) is 2.85. The first kappa shape index (κ1) is 38.0. The van der Waals surface area contributed by atoms with Crippen molar-refractivity contribution in [3.05, 3.63) is 33.4 Å². The third-order valence-corrected chi connectivity index (χ3v) is 8.74. The Kier molecular flexibility index (Phi) is 14.8. The molecule has 0 saturated carbocycles. The Bertz CT molecular complexity index is 1440. The third kappa shape index (κ3) is 8.96. The number of aryl methyl sites for hydroxylation is 1. The molecule has 0 spiro atoms. The molecule has 3 rings (SSSR count). The second-order valence-electron chi connectivity index (χ2n) is 9.23. The van der Waals surface area contributed by atoms with Crippen molar-refractivity contribution in [2.45, 2.75) is 56.1 Å². The predicted octanol–water partition coefficient (Wildman–Crippen LogP) is -4.14. The molecule has 1 fully saturated rings. The van der Waals surface area contributed by atoms with Crippen molar-refractivity contribution in [3.8, 4) is 5.88 Å². The number of amides is 2. The first-order valence-electron chi connectivity index (χ1n) is 13.4. The van der Waals surface area contributed by atoms with Gasteiger partial charge in [0.15, 0.2) is 10.7 Å². The Balaban J connectivity index is 0.00000705. The van der Waals surface area contributed by atoms with Crippen LogP contribution in [0.5, 0.6) is 5.88 Å². The molecule has 1 saturated heterocycles. The molecule has 1 unspecified atom stereocenters. The maximum absolute atomic E-state index is 13.5. The fourth-order valence-corrected chi connectivity index (χ4v) is 6.73. The standard InChI is InChI=1S/C26H31N5O11S2.Na/c1-4-41-24(39)15(25(40)42-5-2)11-30(16(33)9-7-6-8-10-32)18-21(36)31-17(23(37)38)14(12-43-22(18)31)13-44-26-27-19(34)20(35)28-29(26)3;/h10-11,18,22H,4-9,12-13H2,1-3H3,(H,28,35)(H,37,38);/q;+1/p-1/t18?,22-;/m0./s1. The second-order valence-corrected chi connectivity index (χ2v) is 11.3. The quantitative estimate of drug-likeness (QED) is 0.0215. The van der Waals surface area contributed by atoms with Gasteiger partial charge < -0.3 is 34.2 Å². The largest absolute Gasteiger partial charge is 1.00 e. The van der Waals surface area contributed by atoms with Gasteiger partial charge in [-0.2, -0.15) is 4.98 Å². The van der Waals surface area contributed by atoms with Gasteiger partial charge in [-0.05, 0) is 32.3 Å². The first-order valence-corrected chi connectivity index (χ1v) is 15.5. The maximum atomic E-state index is 13.5. The summed E-state index contributed by atoms with van der Waals surface area (Å²) in [6.07, 6.45) is 2.32. The zero-order valence-electron chi connectivity index (χ0n) is 25.0. The van der Waals surface area contributed by atoms with E-state index in [9.17, 15) is 43.8 Å². The Morgan fingerprint density at radius 3 is 2.38 bits per heavy atom. The number of unbranched alkanes of at least 4 members (excludes halogenated alkanes) is 2. The van der Waals surface area contributed by atoms with Crippen LogP contribution in [0, 0.1) is 0 Å². The molecular formula is C26H30N5NaO11S2. The number of rotatable bonds is 15. The zero-order chi connectivity index (χ0) is 32.6. The molecule has 0 aliphatic carbocycles. The Hall–Kier alpha value is -3.19. The van der Waals surface area contributed by atoms with Crippen molar-refractivity contribution >= 4 is 59.5 Å². The van der Waals surface area contributed by atoms with Crippen molar-refractivity contribution in [2.75, 3.05) is 24.7 Å². The molecule has 2 atom stereocenters. The normalized spacial score (nSPS) is 16.9. The number of aliphatic carboxylic acids is 1. The van der Waals surface area contributed by atoms with E-state index in [0.29, 0.717) is 12.7 Å². The minimum atomic E-state index is -1.65. The van der Waals surface area contributed by atoms with Crippen LogP contribution in [0.3, 0.4) is 0 Å². The summed E-state index contributed by atoms with van der Waals surface area (Å²) in [5.41, 5.74) is -1.74. The number of hydrogen-bond acceptors (Lipinski definition) is 15. The molecule has 3 heterocycles. The maximum Gasteiger partial charge on any atom is 1.00 e. The smallest absolute Gasteiger partial charge is 0.543 e. The van der Waals surface area contributed by atoms with Gasteiger partial charge in [-0.1, -0.05) is 11.8 Å². The summed E-state index contributed by atoms with van der Waals surface area (Å²) in [6, 6.07) is -1.29. The van der Waals surface area contributed by atoms with Crippen LogP contribution in [0.25, 0.3) is 0 Å². The van der Waals surface area contributed by atoms with Gasteiger partial charge in [-0.25, -0.2) is 14.3 Å². The van der Waals surface area contributed by atoms with Gasteiger partial charge in [0.05, 0.1) is 24.9 Å². The number of nitrogens with zero attached hydrogens (tertiary/aromatic N) is 5. The average molecular weight is 676 g/mol. The molecule has 1 N–H and O–H groups in total. The SMILES string of the molecule is CCOC(=O)C(=CN(C(=O)CCCCC=O)C1C(=O)N2C(C(=O)[O-])=C(CSc3nc(=O)c(O)nn3C)CS[C@@H]12)C(=O)OCC.[Na+]. The number of aromatic nitrogens is 3. The summed E-state index contributed by atoms with van der Waals surface area (Å²) in [5.74, 6) is -6.00. The number of carboxylic acids is 1. The van der Waals surface area contributed by atoms with Gasteiger partial charge in [0, 0.05) is 37.6 Å². The number of thioether (sulfide) groups is 2. The van der Waals surface area contributed by atoms with Crippen LogP contribution in [-0.2, 0) is 45.3 Å². The molecule has 0 bridgehead atoms. The van der Waals surface area contributed by atoms with Crippen LogP contribution in [0.4, 0.5) is 0 Å². The van der Waals surface area contributed by atoms with E-state index >= 15 is 0 Å². The topological polar surface area (TPSA) is 218 Å². The fourth-order valence-electron chi connectivity index (χ4n) is 4.29. The Labute approximate surface area is 287 Å². The molecule has 2 aliphatic rings. The molecule has 0 radical (unpaired) electrons. The van der Waals surface area contributed by atoms with Crippen LogP contribution in [-0.4, -0.2) is 102 Å². The van der Waals surface area contributed by atoms with Gasteiger partial charge in [-0.3, -0.25) is 19.3 Å². The minimum absolute atomic E-state index is 0. The van der Waals surface area contributed by atoms with E-state index < -0.39 is 63.8 Å². The van der Waals surface area contributed by atoms with E-state index in [2.05, 4.69) is 10.1 Å². The number of aldehydes is 1. The number of carboxylic acid groups (broad SMARTS) is 1. The number of ether oxygens (including phenoxy) is 2. The van der Waals surface area contributed by atoms with Crippen LogP contribution < -0.4 is 40.2 Å². The van der Waals surface area contributed by atoms with Crippen molar-refractivity contribution < 1.29 is 78.0 Å². The molecule has 2 amide bonds. The van der Waals surface area contributed by atoms with Crippen LogP contribution in [0.1, 0.15) is 39.5 Å². The molecular weight excluding hydrogens is 645 g/mol. The van der Waals surface area contributed by atoms with E-state index in [0.717, 1.165) is 44.2 Å². The summed E-state index contributed by atoms with van der Waals surface area (Å²) >= 11 is 2.09. The predicted molar refractivity (Wildman–Crippen MR) is 151 cm³/mol. The second kappa shape index (κ2) is 17.5. The fraction of sp³-hybridized carbons (Fsp3) is 0.500. The van der Waals surface area contributed by atoms with Gasteiger partial charge in [0.1, 0.15) is 17.7 Å². The van der Waals surface area contributed by atoms with Crippen LogP contribution in [0.15, 0.2) is 33.0 Å². The average Bonchev–Trinajstić information content (AvgIpc) is 2.97. The van der Waals surface area contributed by atoms with E-state index in [-0.39, 0.29) is 84.3 Å². The third-order valence-electron chi connectivity index (χ3n) is 6.31. The van der Waals surface area contributed by atoms with Gasteiger partial charge >= 0.3 is 47.1 Å². The molecule has 1 aromatic rings. The van der Waals surface area contributed by atoms with Crippen LogP contribution >= 0.6 is 23.5 Å². The van der Waals surface area contributed by atoms with Crippen molar-refractivity contribution in [1.82, 2.24) is 24.6 Å². The van der Waals surface area contributed by atoms with E-state index in [4.69, 9.17) is 9.47 Å². The number of fused-ring (bicyclic) bond motifs is 1. The van der Waals surface area contributed by atoms with Gasteiger partial charge in [-0.15, -0.1) is 16.9 Å². The van der Waals surface area contributed by atoms with E-state index in [1.165, 1.54) is 20.9 Å². The Morgan fingerprint density at radius 1 is 1.16 bits per heavy atom. The summed E-state index contributed by atoms with van der Waals surface area (Å²) in [5, 5.41) is 24.5. The van der Waals surface area contributed by atoms with Gasteiger partial charge in [0.25, 0.3) is 11.8 Å². The van der Waals surface area contributed by atoms with E-state index in [1.807, 2.05) is 0 Å². The summed E-state index contributed by atoms with van der Waals surface area (Å²) < 4.78 is 11.0. The first-order chi connectivity index (χ1) is 21.0. The zero-order valence-corrected chi connectivity index (χ0v) is 28.7.